The normalized spacial score (nSPS) is 12.7. The number of hydrogen-bond donors (Lipinski definition) is 3. The van der Waals surface area contributed by atoms with Gasteiger partial charge in [-0.15, -0.1) is 0 Å². The van der Waals surface area contributed by atoms with Gasteiger partial charge in [-0.1, -0.05) is 0 Å². The molecule has 0 aromatic rings. The van der Waals surface area contributed by atoms with Crippen molar-refractivity contribution in [2.24, 2.45) is 0 Å². The Morgan fingerprint density at radius 1 is 1.05 bits per heavy atom. The summed E-state index contributed by atoms with van der Waals surface area (Å²) in [6, 6.07) is 0. The van der Waals surface area contributed by atoms with Gasteiger partial charge in [-0.05, 0) is 21.1 Å². The highest BCUT2D eigenvalue weighted by Gasteiger charge is 2.41. The molecular formula is C11H19NO8. The van der Waals surface area contributed by atoms with Crippen LogP contribution in [0.4, 0.5) is 0 Å². The van der Waals surface area contributed by atoms with Crippen LogP contribution in [0, 0.1) is 0 Å². The molecule has 0 aliphatic rings. The van der Waals surface area contributed by atoms with Crippen LogP contribution in [0.25, 0.3) is 0 Å². The number of carboxylic acid groups (broad SMARTS) is 2. The van der Waals surface area contributed by atoms with E-state index < -0.39 is 42.3 Å². The first-order valence-corrected chi connectivity index (χ1v) is 5.40. The topological polar surface area (TPSA) is 141 Å². The molecule has 0 heterocycles. The van der Waals surface area contributed by atoms with Crippen molar-refractivity contribution in [3.63, 3.8) is 0 Å². The summed E-state index contributed by atoms with van der Waals surface area (Å²) in [6.07, 6.45) is -2.29. The zero-order chi connectivity index (χ0) is 16.5. The van der Waals surface area contributed by atoms with E-state index in [1.807, 2.05) is 26.0 Å². The van der Waals surface area contributed by atoms with Crippen LogP contribution in [-0.2, 0) is 23.9 Å². The van der Waals surface area contributed by atoms with E-state index in [0.29, 0.717) is 0 Å². The Bertz CT molecular complexity index is 376. The zero-order valence-electron chi connectivity index (χ0n) is 11.7. The summed E-state index contributed by atoms with van der Waals surface area (Å²) in [5, 5.41) is 26.3. The summed E-state index contributed by atoms with van der Waals surface area (Å²) in [6.45, 7) is 0.912. The fourth-order valence-electron chi connectivity index (χ4n) is 0.899. The number of carbonyl (C=O) groups is 4. The van der Waals surface area contributed by atoms with Crippen LogP contribution >= 0.6 is 0 Å². The van der Waals surface area contributed by atoms with Crippen molar-refractivity contribution in [2.75, 3.05) is 21.1 Å². The highest BCUT2D eigenvalue weighted by molar-refractivity contribution is 5.91. The second-order valence-corrected chi connectivity index (χ2v) is 4.39. The number of carbonyl (C=O) groups excluding carboxylic acids is 2. The molecule has 1 atom stereocenters. The predicted molar refractivity (Wildman–Crippen MR) is 65.8 cm³/mol. The smallest absolute Gasteiger partial charge is 0.336 e. The molecule has 0 fully saturated rings. The molecule has 0 saturated carbocycles. The molecule has 0 spiro atoms. The minimum absolute atomic E-state index is 0.912. The Labute approximate surface area is 115 Å². The number of hydrogen-bond acceptors (Lipinski definition) is 7. The molecule has 20 heavy (non-hydrogen) atoms. The van der Waals surface area contributed by atoms with E-state index >= 15 is 0 Å². The van der Waals surface area contributed by atoms with Gasteiger partial charge in [0.1, 0.15) is 0 Å². The van der Waals surface area contributed by atoms with Crippen molar-refractivity contribution in [3.8, 4) is 0 Å². The summed E-state index contributed by atoms with van der Waals surface area (Å²) in [5.41, 5.74) is -2.78. The van der Waals surface area contributed by atoms with Crippen LogP contribution in [0.15, 0.2) is 0 Å². The molecule has 0 amide bonds. The summed E-state index contributed by atoms with van der Waals surface area (Å²) >= 11 is 0. The SMILES string of the molecule is CC(=O)OC(=O)CC(O)(CC(=O)O)C(=O)O.CN(C)C. The molecule has 0 rings (SSSR count). The molecule has 1 unspecified atom stereocenters. The van der Waals surface area contributed by atoms with Crippen molar-refractivity contribution in [3.05, 3.63) is 0 Å². The van der Waals surface area contributed by atoms with Crippen LogP contribution in [0.3, 0.4) is 0 Å². The second kappa shape index (κ2) is 8.99. The molecule has 0 aliphatic heterocycles. The first-order valence-electron chi connectivity index (χ1n) is 5.40. The number of carboxylic acids is 2. The van der Waals surface area contributed by atoms with Crippen LogP contribution in [0.5, 0.6) is 0 Å². The summed E-state index contributed by atoms with van der Waals surface area (Å²) < 4.78 is 3.98. The minimum atomic E-state index is -2.78. The molecule has 0 radical (unpaired) electrons. The van der Waals surface area contributed by atoms with Crippen molar-refractivity contribution >= 4 is 23.9 Å². The maximum Gasteiger partial charge on any atom is 0.336 e. The van der Waals surface area contributed by atoms with Gasteiger partial charge in [0.15, 0.2) is 5.60 Å². The number of ether oxygens (including phenoxy) is 1. The van der Waals surface area contributed by atoms with Crippen molar-refractivity contribution in [1.82, 2.24) is 4.90 Å². The lowest BCUT2D eigenvalue weighted by Crippen LogP contribution is -2.43. The monoisotopic (exact) mass is 293 g/mol. The van der Waals surface area contributed by atoms with Gasteiger partial charge in [0.25, 0.3) is 0 Å². The molecule has 116 valence electrons. The van der Waals surface area contributed by atoms with Crippen molar-refractivity contribution in [2.45, 2.75) is 25.4 Å². The van der Waals surface area contributed by atoms with E-state index in [1.54, 1.807) is 0 Å². The molecule has 0 aromatic heterocycles. The fourth-order valence-corrected chi connectivity index (χ4v) is 0.899. The van der Waals surface area contributed by atoms with Crippen LogP contribution in [0.1, 0.15) is 19.8 Å². The largest absolute Gasteiger partial charge is 0.481 e. The molecule has 9 heteroatoms. The maximum absolute atomic E-state index is 10.9. The highest BCUT2D eigenvalue weighted by atomic mass is 16.6. The van der Waals surface area contributed by atoms with Gasteiger partial charge in [-0.25, -0.2) is 4.79 Å². The molecule has 0 saturated heterocycles. The third kappa shape index (κ3) is 11.1. The third-order valence-corrected chi connectivity index (χ3v) is 1.54. The Morgan fingerprint density at radius 2 is 1.45 bits per heavy atom. The van der Waals surface area contributed by atoms with Gasteiger partial charge in [-0.2, -0.15) is 0 Å². The fraction of sp³-hybridized carbons (Fsp3) is 0.636. The quantitative estimate of drug-likeness (QED) is 0.426. The maximum atomic E-state index is 10.9. The lowest BCUT2D eigenvalue weighted by atomic mass is 9.96. The molecule has 9 nitrogen and oxygen atoms in total. The first kappa shape index (κ1) is 20.3. The van der Waals surface area contributed by atoms with Gasteiger partial charge in [0, 0.05) is 6.92 Å². The number of aliphatic hydroxyl groups is 1. The number of nitrogens with zero attached hydrogens (tertiary/aromatic N) is 1. The first-order chi connectivity index (χ1) is 8.90. The summed E-state index contributed by atoms with van der Waals surface area (Å²) in [7, 11) is 6.00. The summed E-state index contributed by atoms with van der Waals surface area (Å²) in [4.78, 5) is 44.1. The second-order valence-electron chi connectivity index (χ2n) is 4.39. The van der Waals surface area contributed by atoms with Gasteiger partial charge in [-0.3, -0.25) is 14.4 Å². The van der Waals surface area contributed by atoms with Crippen molar-refractivity contribution < 1.29 is 39.2 Å². The van der Waals surface area contributed by atoms with Crippen LogP contribution in [-0.4, -0.2) is 70.8 Å². The van der Waals surface area contributed by atoms with E-state index in [2.05, 4.69) is 4.74 Å². The Hall–Kier alpha value is -2.00. The standard InChI is InChI=1S/C8H10O8.C3H9N/c1-4(9)16-6(12)3-8(15,7(13)14)2-5(10)11;1-4(2)3/h15H,2-3H2,1H3,(H,10,11)(H,13,14);1-3H3. The third-order valence-electron chi connectivity index (χ3n) is 1.54. The molecular weight excluding hydrogens is 274 g/mol. The van der Waals surface area contributed by atoms with Gasteiger partial charge in [0.05, 0.1) is 12.8 Å². The number of aliphatic carboxylic acids is 2. The molecule has 3 N–H and O–H groups in total. The van der Waals surface area contributed by atoms with Crippen LogP contribution in [0.2, 0.25) is 0 Å². The minimum Gasteiger partial charge on any atom is -0.481 e. The Kier molecular flexibility index (Phi) is 9.14. The molecule has 0 bridgehead atoms. The van der Waals surface area contributed by atoms with E-state index in [4.69, 9.17) is 10.2 Å². The molecule has 0 aliphatic carbocycles. The van der Waals surface area contributed by atoms with Crippen LogP contribution < -0.4 is 0 Å². The van der Waals surface area contributed by atoms with E-state index in [9.17, 15) is 24.3 Å². The number of esters is 2. The van der Waals surface area contributed by atoms with Gasteiger partial charge < -0.3 is 25.0 Å². The van der Waals surface area contributed by atoms with E-state index in [1.165, 1.54) is 0 Å². The lowest BCUT2D eigenvalue weighted by molar-refractivity contribution is -0.174. The Morgan fingerprint density at radius 3 is 1.70 bits per heavy atom. The number of rotatable bonds is 5. The van der Waals surface area contributed by atoms with E-state index in [-0.39, 0.29) is 0 Å². The zero-order valence-corrected chi connectivity index (χ0v) is 11.7. The summed E-state index contributed by atoms with van der Waals surface area (Å²) in [5.74, 6) is -5.76. The van der Waals surface area contributed by atoms with Crippen molar-refractivity contribution in [1.29, 1.82) is 0 Å². The predicted octanol–water partition coefficient (Wildman–Crippen LogP) is -1.07. The average molecular weight is 293 g/mol. The molecule has 0 aromatic carbocycles. The Balaban J connectivity index is 0. The van der Waals surface area contributed by atoms with Gasteiger partial charge in [0.2, 0.25) is 0 Å². The lowest BCUT2D eigenvalue weighted by Gasteiger charge is -2.19. The van der Waals surface area contributed by atoms with E-state index in [0.717, 1.165) is 6.92 Å². The van der Waals surface area contributed by atoms with Gasteiger partial charge >= 0.3 is 23.9 Å². The highest BCUT2D eigenvalue weighted by Crippen LogP contribution is 2.16. The average Bonchev–Trinajstić information content (AvgIpc) is 2.12.